The first-order valence-electron chi connectivity index (χ1n) is 6.30. The highest BCUT2D eigenvalue weighted by Crippen LogP contribution is 2.36. The lowest BCUT2D eigenvalue weighted by atomic mass is 9.93. The second kappa shape index (κ2) is 5.29. The predicted octanol–water partition coefficient (Wildman–Crippen LogP) is 3.17. The van der Waals surface area contributed by atoms with Gasteiger partial charge in [0.15, 0.2) is 16.8 Å². The first-order chi connectivity index (χ1) is 9.58. The van der Waals surface area contributed by atoms with E-state index in [4.69, 9.17) is 4.74 Å². The molecule has 1 aromatic rings. The van der Waals surface area contributed by atoms with Crippen LogP contribution in [0.1, 0.15) is 12.8 Å². The number of aliphatic imine (C=N–C) groups is 1. The number of nitrogens with one attached hydrogen (secondary N) is 1. The van der Waals surface area contributed by atoms with Crippen LogP contribution >= 0.6 is 11.8 Å². The van der Waals surface area contributed by atoms with Crippen LogP contribution in [-0.2, 0) is 4.74 Å². The Kier molecular flexibility index (Phi) is 3.64. The highest BCUT2D eigenvalue weighted by Gasteiger charge is 2.37. The third-order valence-electron chi connectivity index (χ3n) is 3.49. The molecule has 0 bridgehead atoms. The van der Waals surface area contributed by atoms with Crippen LogP contribution < -0.4 is 5.32 Å². The zero-order valence-electron chi connectivity index (χ0n) is 10.6. The number of amidine groups is 1. The molecule has 3 rings (SSSR count). The normalized spacial score (nSPS) is 21.1. The van der Waals surface area contributed by atoms with Gasteiger partial charge in [-0.25, -0.2) is 13.2 Å². The van der Waals surface area contributed by atoms with E-state index in [0.717, 1.165) is 24.7 Å². The fourth-order valence-corrected chi connectivity index (χ4v) is 3.49. The van der Waals surface area contributed by atoms with Gasteiger partial charge in [0.05, 0.1) is 11.2 Å². The molecule has 1 saturated heterocycles. The van der Waals surface area contributed by atoms with Gasteiger partial charge in [-0.15, -0.1) is 0 Å². The summed E-state index contributed by atoms with van der Waals surface area (Å²) in [6, 6.07) is 1.34. The smallest absolute Gasteiger partial charge is 0.161 e. The fraction of sp³-hybridized carbons (Fsp3) is 0.462. The molecular formula is C13H13F3N2OS. The third kappa shape index (κ3) is 2.64. The number of ether oxygens (including phenoxy) is 1. The van der Waals surface area contributed by atoms with Gasteiger partial charge >= 0.3 is 0 Å². The van der Waals surface area contributed by atoms with Gasteiger partial charge in [-0.2, -0.15) is 0 Å². The molecule has 0 unspecified atom stereocenters. The van der Waals surface area contributed by atoms with Crippen molar-refractivity contribution in [3.63, 3.8) is 0 Å². The molecule has 7 heteroatoms. The topological polar surface area (TPSA) is 33.6 Å². The van der Waals surface area contributed by atoms with Crippen molar-refractivity contribution in [2.75, 3.05) is 24.3 Å². The second-order valence-electron chi connectivity index (χ2n) is 4.91. The molecule has 2 aliphatic heterocycles. The van der Waals surface area contributed by atoms with Crippen LogP contribution in [0.2, 0.25) is 0 Å². The van der Waals surface area contributed by atoms with E-state index < -0.39 is 17.5 Å². The number of thioether (sulfide) groups is 1. The van der Waals surface area contributed by atoms with E-state index in [9.17, 15) is 13.2 Å². The number of anilines is 1. The number of hydrogen-bond donors (Lipinski definition) is 1. The summed E-state index contributed by atoms with van der Waals surface area (Å²) >= 11 is 1.46. The van der Waals surface area contributed by atoms with E-state index in [1.54, 1.807) is 0 Å². The SMILES string of the molecule is Fc1cc(F)c(NC2=NC3(CCOCC3)CS2)cc1F. The lowest BCUT2D eigenvalue weighted by Crippen LogP contribution is -2.34. The molecule has 1 aromatic carbocycles. The Morgan fingerprint density at radius 2 is 1.80 bits per heavy atom. The standard InChI is InChI=1S/C13H13F3N2OS/c14-8-5-10(16)11(6-9(8)15)17-12-18-13(7-20-12)1-3-19-4-2-13/h5-6H,1-4,7H2,(H,17,18). The maximum absolute atomic E-state index is 13.6. The summed E-state index contributed by atoms with van der Waals surface area (Å²) in [5, 5.41) is 3.28. The minimum Gasteiger partial charge on any atom is -0.381 e. The molecule has 0 aliphatic carbocycles. The summed E-state index contributed by atoms with van der Waals surface area (Å²) in [4.78, 5) is 4.57. The Bertz CT molecular complexity index is 559. The average molecular weight is 302 g/mol. The molecule has 3 nitrogen and oxygen atoms in total. The van der Waals surface area contributed by atoms with Crippen molar-refractivity contribution in [1.29, 1.82) is 0 Å². The molecule has 2 heterocycles. The molecule has 0 aromatic heterocycles. The minimum atomic E-state index is -1.20. The maximum atomic E-state index is 13.6. The second-order valence-corrected chi connectivity index (χ2v) is 5.88. The van der Waals surface area contributed by atoms with E-state index in [0.29, 0.717) is 24.4 Å². The van der Waals surface area contributed by atoms with Crippen LogP contribution in [-0.4, -0.2) is 29.7 Å². The van der Waals surface area contributed by atoms with Gasteiger partial charge in [0.1, 0.15) is 5.82 Å². The van der Waals surface area contributed by atoms with Gasteiger partial charge in [0.2, 0.25) is 0 Å². The van der Waals surface area contributed by atoms with E-state index >= 15 is 0 Å². The number of rotatable bonds is 1. The van der Waals surface area contributed by atoms with Gasteiger partial charge in [-0.1, -0.05) is 11.8 Å². The van der Waals surface area contributed by atoms with Crippen molar-refractivity contribution < 1.29 is 17.9 Å². The zero-order valence-corrected chi connectivity index (χ0v) is 11.4. The average Bonchev–Trinajstić information content (AvgIpc) is 2.79. The lowest BCUT2D eigenvalue weighted by molar-refractivity contribution is 0.0624. The van der Waals surface area contributed by atoms with Crippen LogP contribution in [0.3, 0.4) is 0 Å². The molecule has 1 spiro atoms. The Labute approximate surface area is 118 Å². The minimum absolute atomic E-state index is 0.0979. The quantitative estimate of drug-likeness (QED) is 0.809. The van der Waals surface area contributed by atoms with Crippen molar-refractivity contribution in [1.82, 2.24) is 0 Å². The predicted molar refractivity (Wildman–Crippen MR) is 72.6 cm³/mol. The highest BCUT2D eigenvalue weighted by atomic mass is 32.2. The molecule has 2 aliphatic rings. The van der Waals surface area contributed by atoms with Crippen molar-refractivity contribution in [3.8, 4) is 0 Å². The number of hydrogen-bond acceptors (Lipinski definition) is 4. The van der Waals surface area contributed by atoms with Gasteiger partial charge in [0.25, 0.3) is 0 Å². The van der Waals surface area contributed by atoms with Crippen LogP contribution in [0.5, 0.6) is 0 Å². The van der Waals surface area contributed by atoms with E-state index in [2.05, 4.69) is 10.3 Å². The molecule has 1 fully saturated rings. The Morgan fingerprint density at radius 3 is 2.55 bits per heavy atom. The van der Waals surface area contributed by atoms with E-state index in [1.165, 1.54) is 11.8 Å². The lowest BCUT2D eigenvalue weighted by Gasteiger charge is -2.29. The maximum Gasteiger partial charge on any atom is 0.161 e. The monoisotopic (exact) mass is 302 g/mol. The van der Waals surface area contributed by atoms with Crippen LogP contribution in [0, 0.1) is 17.5 Å². The number of benzene rings is 1. The molecule has 1 N–H and O–H groups in total. The molecule has 0 saturated carbocycles. The summed E-state index contributed by atoms with van der Waals surface area (Å²) < 4.78 is 44.9. The van der Waals surface area contributed by atoms with Crippen molar-refractivity contribution in [2.45, 2.75) is 18.4 Å². The van der Waals surface area contributed by atoms with Crippen molar-refractivity contribution >= 4 is 22.6 Å². The molecule has 0 radical (unpaired) electrons. The Balaban J connectivity index is 1.78. The van der Waals surface area contributed by atoms with Crippen molar-refractivity contribution in [3.05, 3.63) is 29.6 Å². The first-order valence-corrected chi connectivity index (χ1v) is 7.29. The Hall–Kier alpha value is -1.21. The van der Waals surface area contributed by atoms with E-state index in [-0.39, 0.29) is 11.2 Å². The summed E-state index contributed by atoms with van der Waals surface area (Å²) in [6.07, 6.45) is 1.65. The summed E-state index contributed by atoms with van der Waals surface area (Å²) in [6.45, 7) is 1.33. The zero-order chi connectivity index (χ0) is 14.2. The van der Waals surface area contributed by atoms with Crippen LogP contribution in [0.25, 0.3) is 0 Å². The number of halogens is 3. The third-order valence-corrected chi connectivity index (χ3v) is 4.64. The van der Waals surface area contributed by atoms with Gasteiger partial charge < -0.3 is 10.1 Å². The largest absolute Gasteiger partial charge is 0.381 e. The molecule has 0 amide bonds. The molecule has 0 atom stereocenters. The van der Waals surface area contributed by atoms with Crippen LogP contribution in [0.15, 0.2) is 17.1 Å². The molecule has 108 valence electrons. The molecular weight excluding hydrogens is 289 g/mol. The summed E-state index contributed by atoms with van der Waals surface area (Å²) in [7, 11) is 0. The highest BCUT2D eigenvalue weighted by molar-refractivity contribution is 8.14. The van der Waals surface area contributed by atoms with Crippen molar-refractivity contribution in [2.24, 2.45) is 4.99 Å². The van der Waals surface area contributed by atoms with Gasteiger partial charge in [-0.05, 0) is 12.8 Å². The first kappa shape index (κ1) is 13.8. The van der Waals surface area contributed by atoms with E-state index in [1.807, 2.05) is 0 Å². The molecule has 20 heavy (non-hydrogen) atoms. The number of nitrogens with zero attached hydrogens (tertiary/aromatic N) is 1. The fourth-order valence-electron chi connectivity index (χ4n) is 2.29. The van der Waals surface area contributed by atoms with Gasteiger partial charge in [0, 0.05) is 31.1 Å². The summed E-state index contributed by atoms with van der Waals surface area (Å²) in [5.41, 5.74) is -0.264. The summed E-state index contributed by atoms with van der Waals surface area (Å²) in [5.74, 6) is -2.32. The van der Waals surface area contributed by atoms with Gasteiger partial charge in [-0.3, -0.25) is 4.99 Å². The Morgan fingerprint density at radius 1 is 1.10 bits per heavy atom. The van der Waals surface area contributed by atoms with Crippen LogP contribution in [0.4, 0.5) is 18.9 Å².